The fourth-order valence-corrected chi connectivity index (χ4v) is 6.33. The van der Waals surface area contributed by atoms with Crippen molar-refractivity contribution in [2.75, 3.05) is 13.1 Å². The van der Waals surface area contributed by atoms with Gasteiger partial charge >= 0.3 is 0 Å². The summed E-state index contributed by atoms with van der Waals surface area (Å²) >= 11 is 0. The summed E-state index contributed by atoms with van der Waals surface area (Å²) in [6.07, 6.45) is 1.14. The van der Waals surface area contributed by atoms with E-state index in [0.29, 0.717) is 6.42 Å². The van der Waals surface area contributed by atoms with Crippen LogP contribution in [0.15, 0.2) is 64.4 Å². The molecule has 1 aliphatic rings. The highest BCUT2D eigenvalue weighted by Crippen LogP contribution is 2.28. The van der Waals surface area contributed by atoms with Crippen LogP contribution in [0.25, 0.3) is 0 Å². The molecule has 5 nitrogen and oxygen atoms in total. The molecule has 0 aromatic heterocycles. The van der Waals surface area contributed by atoms with Gasteiger partial charge in [0.25, 0.3) is 0 Å². The molecule has 1 atom stereocenters. The van der Waals surface area contributed by atoms with Crippen molar-refractivity contribution in [1.29, 1.82) is 0 Å². The van der Waals surface area contributed by atoms with Crippen molar-refractivity contribution in [1.82, 2.24) is 4.31 Å². The third kappa shape index (κ3) is 3.49. The summed E-state index contributed by atoms with van der Waals surface area (Å²) in [5.74, 6) is 0. The predicted octanol–water partition coefficient (Wildman–Crippen LogP) is 2.49. The normalized spacial score (nSPS) is 19.2. The molecule has 2 aromatic rings. The lowest BCUT2D eigenvalue weighted by atomic mass is 10.2. The lowest BCUT2D eigenvalue weighted by molar-refractivity contribution is 0.476. The zero-order chi connectivity index (χ0) is 18.1. The Hall–Kier alpha value is -1.70. The third-order valence-corrected chi connectivity index (χ3v) is 8.66. The number of aryl methyl sites for hydroxylation is 1. The number of nitrogens with zero attached hydrogens (tertiary/aromatic N) is 1. The minimum Gasteiger partial charge on any atom is -0.223 e. The molecule has 0 saturated carbocycles. The van der Waals surface area contributed by atoms with Crippen LogP contribution in [0.5, 0.6) is 0 Å². The Morgan fingerprint density at radius 2 is 1.56 bits per heavy atom. The van der Waals surface area contributed by atoms with Gasteiger partial charge in [-0.2, -0.15) is 4.31 Å². The van der Waals surface area contributed by atoms with Gasteiger partial charge in [0, 0.05) is 13.1 Å². The molecule has 1 unspecified atom stereocenters. The zero-order valence-corrected chi connectivity index (χ0v) is 15.6. The van der Waals surface area contributed by atoms with Gasteiger partial charge in [0.2, 0.25) is 10.0 Å². The SMILES string of the molecule is CCc1ccc(S(=O)(=O)N2CCC(S(=O)(=O)c3ccccc3)C2)cc1. The third-order valence-electron chi connectivity index (χ3n) is 4.59. The Kier molecular flexibility index (Phi) is 4.99. The smallest absolute Gasteiger partial charge is 0.223 e. The topological polar surface area (TPSA) is 71.5 Å². The fraction of sp³-hybridized carbons (Fsp3) is 0.333. The largest absolute Gasteiger partial charge is 0.243 e. The summed E-state index contributed by atoms with van der Waals surface area (Å²) in [6.45, 7) is 2.21. The molecule has 1 fully saturated rings. The summed E-state index contributed by atoms with van der Waals surface area (Å²) in [5, 5.41) is -0.709. The average Bonchev–Trinajstić information content (AvgIpc) is 3.14. The minimum absolute atomic E-state index is 0.00487. The maximum Gasteiger partial charge on any atom is 0.243 e. The van der Waals surface area contributed by atoms with Gasteiger partial charge in [-0.25, -0.2) is 16.8 Å². The van der Waals surface area contributed by atoms with Gasteiger partial charge in [-0.15, -0.1) is 0 Å². The molecule has 0 spiro atoms. The summed E-state index contributed by atoms with van der Waals surface area (Å²) in [6, 6.07) is 15.0. The lowest BCUT2D eigenvalue weighted by Crippen LogP contribution is -2.32. The average molecular weight is 380 g/mol. The molecule has 1 saturated heterocycles. The predicted molar refractivity (Wildman–Crippen MR) is 96.6 cm³/mol. The van der Waals surface area contributed by atoms with Gasteiger partial charge < -0.3 is 0 Å². The fourth-order valence-electron chi connectivity index (χ4n) is 3.02. The van der Waals surface area contributed by atoms with E-state index in [2.05, 4.69) is 0 Å². The van der Waals surface area contributed by atoms with E-state index in [9.17, 15) is 16.8 Å². The van der Waals surface area contributed by atoms with Gasteiger partial charge in [0.15, 0.2) is 9.84 Å². The van der Waals surface area contributed by atoms with E-state index in [0.717, 1.165) is 12.0 Å². The quantitative estimate of drug-likeness (QED) is 0.800. The van der Waals surface area contributed by atoms with Crippen molar-refractivity contribution in [2.45, 2.75) is 34.8 Å². The minimum atomic E-state index is -3.67. The second-order valence-electron chi connectivity index (χ2n) is 6.13. The molecule has 0 aliphatic carbocycles. The van der Waals surface area contributed by atoms with Crippen LogP contribution < -0.4 is 0 Å². The van der Waals surface area contributed by atoms with E-state index in [1.54, 1.807) is 54.6 Å². The highest BCUT2D eigenvalue weighted by Gasteiger charge is 2.39. The first-order chi connectivity index (χ1) is 11.9. The first kappa shape index (κ1) is 18.1. The molecule has 0 radical (unpaired) electrons. The molecule has 2 aromatic carbocycles. The van der Waals surface area contributed by atoms with E-state index < -0.39 is 25.1 Å². The van der Waals surface area contributed by atoms with Crippen LogP contribution in [0.2, 0.25) is 0 Å². The molecule has 134 valence electrons. The van der Waals surface area contributed by atoms with Crippen LogP contribution >= 0.6 is 0 Å². The number of rotatable bonds is 5. The van der Waals surface area contributed by atoms with Crippen molar-refractivity contribution in [3.05, 3.63) is 60.2 Å². The maximum absolute atomic E-state index is 12.8. The summed E-state index contributed by atoms with van der Waals surface area (Å²) in [4.78, 5) is 0.453. The molecule has 0 bridgehead atoms. The molecule has 3 rings (SSSR count). The van der Waals surface area contributed by atoms with E-state index in [-0.39, 0.29) is 22.9 Å². The Morgan fingerprint density at radius 3 is 2.16 bits per heavy atom. The Labute approximate surface area is 149 Å². The van der Waals surface area contributed by atoms with Crippen molar-refractivity contribution in [3.63, 3.8) is 0 Å². The van der Waals surface area contributed by atoms with Crippen LogP contribution in [-0.4, -0.2) is 39.5 Å². The number of benzene rings is 2. The van der Waals surface area contributed by atoms with Crippen molar-refractivity contribution in [3.8, 4) is 0 Å². The summed E-state index contributed by atoms with van der Waals surface area (Å²) < 4.78 is 52.2. The van der Waals surface area contributed by atoms with E-state index in [1.807, 2.05) is 6.92 Å². The van der Waals surface area contributed by atoms with Crippen LogP contribution in [0.1, 0.15) is 18.9 Å². The second kappa shape index (κ2) is 6.90. The van der Waals surface area contributed by atoms with Crippen LogP contribution in [0.4, 0.5) is 0 Å². The molecule has 1 heterocycles. The second-order valence-corrected chi connectivity index (χ2v) is 10.3. The number of hydrogen-bond donors (Lipinski definition) is 0. The molecule has 25 heavy (non-hydrogen) atoms. The zero-order valence-electron chi connectivity index (χ0n) is 14.0. The lowest BCUT2D eigenvalue weighted by Gasteiger charge is -2.17. The molecule has 0 N–H and O–H groups in total. The van der Waals surface area contributed by atoms with E-state index >= 15 is 0 Å². The molecular formula is C18H21NO4S2. The molecule has 0 amide bonds. The van der Waals surface area contributed by atoms with Gasteiger partial charge in [-0.1, -0.05) is 37.3 Å². The van der Waals surface area contributed by atoms with Crippen LogP contribution in [-0.2, 0) is 26.3 Å². The summed E-state index contributed by atoms with van der Waals surface area (Å²) in [5.41, 5.74) is 1.06. The van der Waals surface area contributed by atoms with E-state index in [1.165, 1.54) is 4.31 Å². The molecular weight excluding hydrogens is 358 g/mol. The summed E-state index contributed by atoms with van der Waals surface area (Å²) in [7, 11) is -7.20. The van der Waals surface area contributed by atoms with E-state index in [4.69, 9.17) is 0 Å². The number of sulfonamides is 1. The van der Waals surface area contributed by atoms with Crippen molar-refractivity contribution < 1.29 is 16.8 Å². The molecule has 7 heteroatoms. The Morgan fingerprint density at radius 1 is 0.920 bits per heavy atom. The number of hydrogen-bond acceptors (Lipinski definition) is 4. The Bertz CT molecular complexity index is 936. The maximum atomic E-state index is 12.8. The van der Waals surface area contributed by atoms with Crippen LogP contribution in [0, 0.1) is 0 Å². The van der Waals surface area contributed by atoms with Gasteiger partial charge in [-0.3, -0.25) is 0 Å². The first-order valence-electron chi connectivity index (χ1n) is 8.23. The van der Waals surface area contributed by atoms with Gasteiger partial charge in [0.05, 0.1) is 15.0 Å². The Balaban J connectivity index is 1.82. The van der Waals surface area contributed by atoms with Gasteiger partial charge in [-0.05, 0) is 42.7 Å². The van der Waals surface area contributed by atoms with Gasteiger partial charge in [0.1, 0.15) is 0 Å². The monoisotopic (exact) mass is 379 g/mol. The first-order valence-corrected chi connectivity index (χ1v) is 11.2. The molecule has 1 aliphatic heterocycles. The van der Waals surface area contributed by atoms with Crippen molar-refractivity contribution in [2.24, 2.45) is 0 Å². The number of sulfone groups is 1. The van der Waals surface area contributed by atoms with Crippen LogP contribution in [0.3, 0.4) is 0 Å². The van der Waals surface area contributed by atoms with Crippen molar-refractivity contribution >= 4 is 19.9 Å². The highest BCUT2D eigenvalue weighted by molar-refractivity contribution is 7.92. The highest BCUT2D eigenvalue weighted by atomic mass is 32.2. The standard InChI is InChI=1S/C18H21NO4S2/c1-2-15-8-10-17(11-9-15)25(22,23)19-13-12-18(14-19)24(20,21)16-6-4-3-5-7-16/h3-11,18H,2,12-14H2,1H3.